The fourth-order valence-electron chi connectivity index (χ4n) is 2.24. The first-order valence-electron chi connectivity index (χ1n) is 6.13. The van der Waals surface area contributed by atoms with Crippen LogP contribution in [0, 0.1) is 13.8 Å². The molecule has 3 aromatic rings. The minimum absolute atomic E-state index is 0.0583. The number of aromatic amines is 1. The van der Waals surface area contributed by atoms with Gasteiger partial charge in [-0.25, -0.2) is 4.52 Å². The van der Waals surface area contributed by atoms with Crippen molar-refractivity contribution < 1.29 is 0 Å². The van der Waals surface area contributed by atoms with Gasteiger partial charge in [0.25, 0.3) is 0 Å². The van der Waals surface area contributed by atoms with Gasteiger partial charge < -0.3 is 0 Å². The number of fused-ring (bicyclic) bond motifs is 1. The lowest BCUT2D eigenvalue weighted by molar-refractivity contribution is 0.864. The molecule has 3 rings (SSSR count). The Morgan fingerprint density at radius 1 is 1.26 bits per heavy atom. The maximum atomic E-state index is 12.4. The van der Waals surface area contributed by atoms with Gasteiger partial charge in [-0.15, -0.1) is 10.2 Å². The fourth-order valence-corrected chi connectivity index (χ4v) is 2.24. The van der Waals surface area contributed by atoms with Crippen LogP contribution in [0.5, 0.6) is 0 Å². The van der Waals surface area contributed by atoms with Crippen molar-refractivity contribution >= 4 is 5.65 Å². The van der Waals surface area contributed by atoms with Gasteiger partial charge in [-0.3, -0.25) is 9.89 Å². The van der Waals surface area contributed by atoms with Gasteiger partial charge in [-0.2, -0.15) is 0 Å². The van der Waals surface area contributed by atoms with Crippen LogP contribution >= 0.6 is 0 Å². The van der Waals surface area contributed by atoms with Gasteiger partial charge in [-0.1, -0.05) is 24.3 Å². The summed E-state index contributed by atoms with van der Waals surface area (Å²) >= 11 is 0. The zero-order valence-corrected chi connectivity index (χ0v) is 10.8. The normalized spacial score (nSPS) is 11.1. The van der Waals surface area contributed by atoms with Crippen LogP contribution in [0.2, 0.25) is 0 Å². The van der Waals surface area contributed by atoms with Crippen LogP contribution in [0.15, 0.2) is 35.4 Å². The third-order valence-electron chi connectivity index (χ3n) is 3.39. The average molecular weight is 254 g/mol. The molecular weight excluding hydrogens is 240 g/mol. The molecule has 0 saturated heterocycles. The first kappa shape index (κ1) is 11.6. The summed E-state index contributed by atoms with van der Waals surface area (Å²) < 4.78 is 1.55. The van der Waals surface area contributed by atoms with Gasteiger partial charge in [0, 0.05) is 17.7 Å². The van der Waals surface area contributed by atoms with Crippen molar-refractivity contribution in [2.75, 3.05) is 0 Å². The van der Waals surface area contributed by atoms with Crippen molar-refractivity contribution in [3.8, 4) is 0 Å². The zero-order chi connectivity index (χ0) is 13.4. The molecule has 0 amide bonds. The molecule has 0 aliphatic heterocycles. The van der Waals surface area contributed by atoms with E-state index in [0.717, 1.165) is 16.8 Å². The quantitative estimate of drug-likeness (QED) is 0.756. The number of aromatic nitrogens is 4. The topological polar surface area (TPSA) is 63.1 Å². The number of rotatable bonds is 2. The molecule has 0 bridgehead atoms. The molecule has 0 aliphatic carbocycles. The second-order valence-electron chi connectivity index (χ2n) is 4.67. The van der Waals surface area contributed by atoms with E-state index in [2.05, 4.69) is 28.3 Å². The molecule has 0 fully saturated rings. The second kappa shape index (κ2) is 4.35. The van der Waals surface area contributed by atoms with Gasteiger partial charge in [0.05, 0.1) is 0 Å². The Morgan fingerprint density at radius 2 is 2.05 bits per heavy atom. The van der Waals surface area contributed by atoms with Gasteiger partial charge in [0.15, 0.2) is 0 Å². The van der Waals surface area contributed by atoms with Crippen LogP contribution < -0.4 is 5.43 Å². The van der Waals surface area contributed by atoms with Crippen molar-refractivity contribution in [1.82, 2.24) is 19.8 Å². The molecule has 2 heterocycles. The Labute approximate surface area is 109 Å². The molecule has 2 aromatic heterocycles. The minimum Gasteiger partial charge on any atom is -0.295 e. The number of nitrogens with zero attached hydrogens (tertiary/aromatic N) is 3. The standard InChI is InChI=1S/C14H14N4O/c1-9-5-3-4-6-11(9)7-12-10(2)17-18-8-15-16-14(18)13(12)19/h3-6,8,17H,7H2,1-2H3. The molecule has 5 heteroatoms. The molecule has 0 aliphatic rings. The van der Waals surface area contributed by atoms with E-state index in [4.69, 9.17) is 0 Å². The number of benzene rings is 1. The number of hydrogen-bond donors (Lipinski definition) is 1. The Kier molecular flexibility index (Phi) is 2.67. The van der Waals surface area contributed by atoms with E-state index in [0.29, 0.717) is 12.1 Å². The SMILES string of the molecule is Cc1ccccc1Cc1c(C)[nH]n2cnnc2c1=O. The van der Waals surface area contributed by atoms with Crippen molar-refractivity contribution in [2.45, 2.75) is 20.3 Å². The minimum atomic E-state index is -0.0583. The van der Waals surface area contributed by atoms with E-state index in [1.54, 1.807) is 4.52 Å². The Bertz CT molecular complexity index is 801. The Hall–Kier alpha value is -2.43. The molecule has 0 spiro atoms. The molecule has 1 N–H and O–H groups in total. The van der Waals surface area contributed by atoms with E-state index in [9.17, 15) is 4.79 Å². The summed E-state index contributed by atoms with van der Waals surface area (Å²) in [7, 11) is 0. The lowest BCUT2D eigenvalue weighted by Crippen LogP contribution is -2.17. The summed E-state index contributed by atoms with van der Waals surface area (Å²) in [6.07, 6.45) is 2.11. The van der Waals surface area contributed by atoms with Crippen molar-refractivity contribution in [3.05, 3.63) is 63.2 Å². The average Bonchev–Trinajstić information content (AvgIpc) is 2.84. The second-order valence-corrected chi connectivity index (χ2v) is 4.67. The molecular formula is C14H14N4O. The maximum Gasteiger partial charge on any atom is 0.230 e. The predicted molar refractivity (Wildman–Crippen MR) is 72.3 cm³/mol. The highest BCUT2D eigenvalue weighted by Gasteiger charge is 2.12. The molecule has 1 aromatic carbocycles. The maximum absolute atomic E-state index is 12.4. The number of hydrogen-bond acceptors (Lipinski definition) is 3. The van der Waals surface area contributed by atoms with E-state index < -0.39 is 0 Å². The van der Waals surface area contributed by atoms with E-state index in [1.165, 1.54) is 11.9 Å². The summed E-state index contributed by atoms with van der Waals surface area (Å²) in [5.74, 6) is 0. The highest BCUT2D eigenvalue weighted by Crippen LogP contribution is 2.13. The molecule has 5 nitrogen and oxygen atoms in total. The molecule has 96 valence electrons. The van der Waals surface area contributed by atoms with Crippen molar-refractivity contribution in [1.29, 1.82) is 0 Å². The Morgan fingerprint density at radius 3 is 2.84 bits per heavy atom. The lowest BCUT2D eigenvalue weighted by Gasteiger charge is -2.08. The van der Waals surface area contributed by atoms with Crippen molar-refractivity contribution in [2.24, 2.45) is 0 Å². The largest absolute Gasteiger partial charge is 0.295 e. The molecule has 0 radical (unpaired) electrons. The number of nitrogens with one attached hydrogen (secondary N) is 1. The summed E-state index contributed by atoms with van der Waals surface area (Å²) in [4.78, 5) is 12.4. The molecule has 19 heavy (non-hydrogen) atoms. The van der Waals surface area contributed by atoms with Crippen molar-refractivity contribution in [3.63, 3.8) is 0 Å². The zero-order valence-electron chi connectivity index (χ0n) is 10.8. The van der Waals surface area contributed by atoms with Gasteiger partial charge in [0.1, 0.15) is 6.33 Å². The van der Waals surface area contributed by atoms with Crippen LogP contribution in [-0.2, 0) is 6.42 Å². The Balaban J connectivity index is 2.15. The lowest BCUT2D eigenvalue weighted by atomic mass is 10.00. The summed E-state index contributed by atoms with van der Waals surface area (Å²) in [5, 5.41) is 10.7. The third kappa shape index (κ3) is 1.93. The predicted octanol–water partition coefficient (Wildman–Crippen LogP) is 1.63. The summed E-state index contributed by atoms with van der Waals surface area (Å²) in [5.41, 5.74) is 4.21. The summed E-state index contributed by atoms with van der Waals surface area (Å²) in [6.45, 7) is 3.95. The monoisotopic (exact) mass is 254 g/mol. The molecule has 0 saturated carbocycles. The van der Waals surface area contributed by atoms with E-state index in [-0.39, 0.29) is 5.43 Å². The third-order valence-corrected chi connectivity index (χ3v) is 3.39. The molecule has 0 unspecified atom stereocenters. The van der Waals surface area contributed by atoms with Crippen LogP contribution in [-0.4, -0.2) is 19.8 Å². The van der Waals surface area contributed by atoms with Gasteiger partial charge in [-0.05, 0) is 25.0 Å². The van der Waals surface area contributed by atoms with Gasteiger partial charge in [0.2, 0.25) is 11.1 Å². The number of H-pyrrole nitrogens is 1. The summed E-state index contributed by atoms with van der Waals surface area (Å²) in [6, 6.07) is 8.08. The highest BCUT2D eigenvalue weighted by molar-refractivity contribution is 5.42. The first-order valence-corrected chi connectivity index (χ1v) is 6.13. The fraction of sp³-hybridized carbons (Fsp3) is 0.214. The van der Waals surface area contributed by atoms with Crippen LogP contribution in [0.25, 0.3) is 5.65 Å². The molecule has 0 atom stereocenters. The first-order chi connectivity index (χ1) is 9.16. The van der Waals surface area contributed by atoms with Crippen LogP contribution in [0.1, 0.15) is 22.4 Å². The van der Waals surface area contributed by atoms with Crippen LogP contribution in [0.4, 0.5) is 0 Å². The highest BCUT2D eigenvalue weighted by atomic mass is 16.1. The van der Waals surface area contributed by atoms with Gasteiger partial charge >= 0.3 is 0 Å². The number of aryl methyl sites for hydroxylation is 2. The van der Waals surface area contributed by atoms with E-state index in [1.807, 2.05) is 25.1 Å². The van der Waals surface area contributed by atoms with Crippen LogP contribution in [0.3, 0.4) is 0 Å². The van der Waals surface area contributed by atoms with E-state index >= 15 is 0 Å². The smallest absolute Gasteiger partial charge is 0.230 e.